The van der Waals surface area contributed by atoms with Gasteiger partial charge < -0.3 is 10.1 Å². The van der Waals surface area contributed by atoms with Crippen molar-refractivity contribution in [1.29, 1.82) is 5.26 Å². The quantitative estimate of drug-likeness (QED) is 0.701. The maximum atomic E-state index is 11.7. The number of nitrogens with zero attached hydrogens (tertiary/aromatic N) is 2. The first kappa shape index (κ1) is 14.9. The fourth-order valence-corrected chi connectivity index (χ4v) is 2.17. The molecule has 2 rings (SSSR count). The van der Waals surface area contributed by atoms with Crippen molar-refractivity contribution in [2.75, 3.05) is 0 Å². The minimum absolute atomic E-state index is 0.00323. The Labute approximate surface area is 126 Å². The van der Waals surface area contributed by atoms with Crippen LogP contribution in [0.15, 0.2) is 17.1 Å². The fourth-order valence-electron chi connectivity index (χ4n) is 1.98. The van der Waals surface area contributed by atoms with Gasteiger partial charge in [-0.2, -0.15) is 5.26 Å². The number of rotatable bonds is 1. The van der Waals surface area contributed by atoms with E-state index in [1.807, 2.05) is 26.8 Å². The molecule has 0 spiro atoms. The molecule has 2 heterocycles. The third-order valence-corrected chi connectivity index (χ3v) is 3.13. The Morgan fingerprint density at radius 3 is 2.57 bits per heavy atom. The highest BCUT2D eigenvalue weighted by atomic mass is 32.1. The van der Waals surface area contributed by atoms with E-state index in [9.17, 15) is 9.90 Å². The van der Waals surface area contributed by atoms with Crippen molar-refractivity contribution in [2.24, 2.45) is 0 Å². The zero-order valence-electron chi connectivity index (χ0n) is 11.8. The average molecular weight is 302 g/mol. The van der Waals surface area contributed by atoms with Crippen LogP contribution < -0.4 is 5.56 Å². The van der Waals surface area contributed by atoms with Crippen LogP contribution >= 0.6 is 12.2 Å². The van der Waals surface area contributed by atoms with Crippen molar-refractivity contribution in [3.63, 3.8) is 0 Å². The maximum Gasteiger partial charge on any atom is 0.270 e. The Morgan fingerprint density at radius 2 is 2.05 bits per heavy atom. The number of nitrogens with one attached hydrogen (secondary N) is 2. The van der Waals surface area contributed by atoms with Crippen LogP contribution in [0.1, 0.15) is 32.0 Å². The molecule has 0 atom stereocenters. The molecule has 2 aromatic heterocycles. The highest BCUT2D eigenvalue weighted by molar-refractivity contribution is 7.71. The Bertz CT molecular complexity index is 853. The minimum atomic E-state index is -0.573. The van der Waals surface area contributed by atoms with Gasteiger partial charge >= 0.3 is 0 Å². The van der Waals surface area contributed by atoms with Crippen LogP contribution in [0, 0.1) is 16.1 Å². The van der Waals surface area contributed by atoms with Crippen LogP contribution in [0.25, 0.3) is 11.3 Å². The van der Waals surface area contributed by atoms with Crippen molar-refractivity contribution in [3.05, 3.63) is 38.6 Å². The molecular formula is C14H14N4O2S. The van der Waals surface area contributed by atoms with E-state index in [2.05, 4.69) is 15.0 Å². The van der Waals surface area contributed by atoms with E-state index in [4.69, 9.17) is 17.5 Å². The first-order valence-corrected chi connectivity index (χ1v) is 6.61. The van der Waals surface area contributed by atoms with Crippen LogP contribution in [-0.4, -0.2) is 20.1 Å². The lowest BCUT2D eigenvalue weighted by Crippen LogP contribution is -2.15. The van der Waals surface area contributed by atoms with E-state index in [1.54, 1.807) is 0 Å². The minimum Gasteiger partial charge on any atom is -0.506 e. The number of aromatic nitrogens is 3. The highest BCUT2D eigenvalue weighted by Gasteiger charge is 2.21. The van der Waals surface area contributed by atoms with Crippen molar-refractivity contribution < 1.29 is 5.11 Å². The van der Waals surface area contributed by atoms with E-state index in [0.717, 1.165) is 0 Å². The van der Waals surface area contributed by atoms with E-state index in [1.165, 1.54) is 12.3 Å². The van der Waals surface area contributed by atoms with Gasteiger partial charge in [-0.05, 0) is 18.3 Å². The van der Waals surface area contributed by atoms with Crippen molar-refractivity contribution in [2.45, 2.75) is 26.2 Å². The first-order valence-electron chi connectivity index (χ1n) is 6.20. The van der Waals surface area contributed by atoms with Gasteiger partial charge in [-0.1, -0.05) is 20.8 Å². The summed E-state index contributed by atoms with van der Waals surface area (Å²) in [5.41, 5.74) is 0.211. The fraction of sp³-hybridized carbons (Fsp3) is 0.286. The zero-order valence-corrected chi connectivity index (χ0v) is 12.6. The SMILES string of the molecule is CC(C)(C)c1ncc(-c2[nH]c(=S)[nH]c(=O)c2C#N)cc1O. The molecule has 6 nitrogen and oxygen atoms in total. The summed E-state index contributed by atoms with van der Waals surface area (Å²) in [4.78, 5) is 21.1. The average Bonchev–Trinajstić information content (AvgIpc) is 2.36. The summed E-state index contributed by atoms with van der Waals surface area (Å²) in [5.74, 6) is 0.00323. The number of pyridine rings is 1. The molecule has 0 aromatic carbocycles. The Balaban J connectivity index is 2.70. The molecule has 108 valence electrons. The normalized spacial score (nSPS) is 11.1. The molecule has 0 unspecified atom stereocenters. The molecular weight excluding hydrogens is 288 g/mol. The molecule has 21 heavy (non-hydrogen) atoms. The molecule has 0 bridgehead atoms. The summed E-state index contributed by atoms with van der Waals surface area (Å²) in [7, 11) is 0. The van der Waals surface area contributed by atoms with Crippen LogP contribution in [0.2, 0.25) is 0 Å². The van der Waals surface area contributed by atoms with Gasteiger partial charge in [0.05, 0.1) is 11.4 Å². The Kier molecular flexibility index (Phi) is 3.66. The van der Waals surface area contributed by atoms with Crippen LogP contribution in [0.5, 0.6) is 5.75 Å². The number of hydrogen-bond acceptors (Lipinski definition) is 5. The summed E-state index contributed by atoms with van der Waals surface area (Å²) in [6.45, 7) is 5.78. The zero-order chi connectivity index (χ0) is 15.8. The van der Waals surface area contributed by atoms with Gasteiger partial charge in [0.1, 0.15) is 17.4 Å². The number of hydrogen-bond donors (Lipinski definition) is 3. The monoisotopic (exact) mass is 302 g/mol. The van der Waals surface area contributed by atoms with Crippen LogP contribution in [-0.2, 0) is 5.41 Å². The molecule has 0 aliphatic carbocycles. The third-order valence-electron chi connectivity index (χ3n) is 2.92. The van der Waals surface area contributed by atoms with Gasteiger partial charge in [-0.15, -0.1) is 0 Å². The summed E-state index contributed by atoms with van der Waals surface area (Å²) >= 11 is 4.91. The van der Waals surface area contributed by atoms with Crippen LogP contribution in [0.4, 0.5) is 0 Å². The second kappa shape index (κ2) is 5.14. The second-order valence-corrected chi connectivity index (χ2v) is 6.02. The van der Waals surface area contributed by atoms with Gasteiger partial charge in [0.2, 0.25) is 0 Å². The summed E-state index contributed by atoms with van der Waals surface area (Å²) < 4.78 is 0.105. The van der Waals surface area contributed by atoms with E-state index < -0.39 is 5.56 Å². The van der Waals surface area contributed by atoms with Gasteiger partial charge in [0.15, 0.2) is 4.77 Å². The van der Waals surface area contributed by atoms with E-state index >= 15 is 0 Å². The molecule has 0 saturated carbocycles. The molecule has 3 N–H and O–H groups in total. The lowest BCUT2D eigenvalue weighted by Gasteiger charge is -2.19. The molecule has 0 fully saturated rings. The maximum absolute atomic E-state index is 11.7. The standard InChI is InChI=1S/C14H14N4O2S/c1-14(2,3)11-9(19)4-7(6-16-11)10-8(5-15)12(20)18-13(21)17-10/h4,6,19H,1-3H3,(H2,17,18,20,21). The van der Waals surface area contributed by atoms with Crippen molar-refractivity contribution in [3.8, 4) is 23.1 Å². The number of aromatic amines is 2. The molecule has 0 aliphatic rings. The van der Waals surface area contributed by atoms with Gasteiger partial charge in [0.25, 0.3) is 5.56 Å². The topological polar surface area (TPSA) is 106 Å². The number of nitriles is 1. The van der Waals surface area contributed by atoms with Gasteiger partial charge in [-0.25, -0.2) is 0 Å². The van der Waals surface area contributed by atoms with Crippen molar-refractivity contribution in [1.82, 2.24) is 15.0 Å². The second-order valence-electron chi connectivity index (χ2n) is 5.61. The van der Waals surface area contributed by atoms with Gasteiger partial charge in [0, 0.05) is 17.2 Å². The van der Waals surface area contributed by atoms with Crippen molar-refractivity contribution >= 4 is 12.2 Å². The predicted molar refractivity (Wildman–Crippen MR) is 80.6 cm³/mol. The summed E-state index contributed by atoms with van der Waals surface area (Å²) in [6, 6.07) is 3.29. The Hall–Kier alpha value is -2.46. The lowest BCUT2D eigenvalue weighted by molar-refractivity contribution is 0.438. The molecule has 2 aromatic rings. The summed E-state index contributed by atoms with van der Waals surface area (Å²) in [6.07, 6.45) is 1.50. The first-order chi connectivity index (χ1) is 9.74. The molecule has 0 saturated heterocycles. The highest BCUT2D eigenvalue weighted by Crippen LogP contribution is 2.31. The lowest BCUT2D eigenvalue weighted by atomic mass is 9.90. The van der Waals surface area contributed by atoms with E-state index in [0.29, 0.717) is 11.3 Å². The third kappa shape index (κ3) is 2.85. The predicted octanol–water partition coefficient (Wildman–Crippen LogP) is 2.37. The van der Waals surface area contributed by atoms with Gasteiger partial charge in [-0.3, -0.25) is 14.8 Å². The van der Waals surface area contributed by atoms with E-state index in [-0.39, 0.29) is 27.2 Å². The smallest absolute Gasteiger partial charge is 0.270 e. The van der Waals surface area contributed by atoms with Crippen LogP contribution in [0.3, 0.4) is 0 Å². The summed E-state index contributed by atoms with van der Waals surface area (Å²) in [5, 5.41) is 19.2. The Morgan fingerprint density at radius 1 is 1.38 bits per heavy atom. The largest absolute Gasteiger partial charge is 0.506 e. The molecule has 7 heteroatoms. The molecule has 0 radical (unpaired) electrons. The number of aromatic hydroxyl groups is 1. The molecule has 0 aliphatic heterocycles. The molecule has 0 amide bonds. The number of H-pyrrole nitrogens is 2.